The van der Waals surface area contributed by atoms with E-state index < -0.39 is 0 Å². The van der Waals surface area contributed by atoms with Gasteiger partial charge in [-0.1, -0.05) is 13.8 Å². The van der Waals surface area contributed by atoms with Crippen molar-refractivity contribution >= 4 is 35.6 Å². The molecule has 1 atom stereocenters. The molecule has 1 aliphatic rings. The first-order valence-corrected chi connectivity index (χ1v) is 10.6. The van der Waals surface area contributed by atoms with Crippen LogP contribution in [0.3, 0.4) is 0 Å². The van der Waals surface area contributed by atoms with Gasteiger partial charge < -0.3 is 25.0 Å². The van der Waals surface area contributed by atoms with Crippen molar-refractivity contribution in [1.82, 2.24) is 10.2 Å². The highest BCUT2D eigenvalue weighted by atomic mass is 127. The van der Waals surface area contributed by atoms with Gasteiger partial charge in [-0.15, -0.1) is 24.0 Å². The molecule has 0 radical (unpaired) electrons. The first kappa shape index (κ1) is 25.8. The lowest BCUT2D eigenvalue weighted by Gasteiger charge is -2.33. The van der Waals surface area contributed by atoms with E-state index in [1.807, 2.05) is 25.1 Å². The lowest BCUT2D eigenvalue weighted by atomic mass is 9.97. The Balaban J connectivity index is 0.00000420. The number of anilines is 1. The summed E-state index contributed by atoms with van der Waals surface area (Å²) in [5.74, 6) is 3.63. The molecule has 1 aromatic rings. The van der Waals surface area contributed by atoms with E-state index in [1.54, 1.807) is 7.11 Å². The van der Waals surface area contributed by atoms with Crippen LogP contribution in [0.2, 0.25) is 0 Å². The lowest BCUT2D eigenvalue weighted by molar-refractivity contribution is 0.162. The summed E-state index contributed by atoms with van der Waals surface area (Å²) in [5.41, 5.74) is 0.939. The number of ether oxygens (including phenoxy) is 2. The Morgan fingerprint density at radius 3 is 2.72 bits per heavy atom. The summed E-state index contributed by atoms with van der Waals surface area (Å²) in [4.78, 5) is 7.45. The van der Waals surface area contributed by atoms with Gasteiger partial charge in [-0.05, 0) is 57.2 Å². The molecular weight excluding hydrogens is 479 g/mol. The van der Waals surface area contributed by atoms with E-state index in [9.17, 15) is 0 Å². The Morgan fingerprint density at radius 1 is 1.28 bits per heavy atom. The maximum atomic E-state index is 5.68. The van der Waals surface area contributed by atoms with Crippen LogP contribution in [0.1, 0.15) is 40.5 Å². The molecule has 0 spiro atoms. The first-order valence-electron chi connectivity index (χ1n) is 10.6. The number of likely N-dealkylation sites (tertiary alicyclic amines) is 1. The monoisotopic (exact) mass is 518 g/mol. The van der Waals surface area contributed by atoms with Gasteiger partial charge in [0.25, 0.3) is 0 Å². The maximum Gasteiger partial charge on any atom is 0.195 e. The smallest absolute Gasteiger partial charge is 0.195 e. The number of benzene rings is 1. The fourth-order valence-electron chi connectivity index (χ4n) is 3.67. The normalized spacial score (nSPS) is 17.6. The highest BCUT2D eigenvalue weighted by Crippen LogP contribution is 2.30. The number of guanidine groups is 1. The van der Waals surface area contributed by atoms with Gasteiger partial charge in [-0.25, -0.2) is 0 Å². The zero-order valence-electron chi connectivity index (χ0n) is 18.7. The Labute approximate surface area is 193 Å². The number of nitrogens with one attached hydrogen (secondary N) is 2. The molecule has 0 aliphatic carbocycles. The number of rotatable bonds is 9. The second-order valence-electron chi connectivity index (χ2n) is 7.80. The van der Waals surface area contributed by atoms with Gasteiger partial charge in [0, 0.05) is 37.9 Å². The van der Waals surface area contributed by atoms with Crippen LogP contribution in [-0.4, -0.2) is 57.3 Å². The molecule has 0 bridgehead atoms. The van der Waals surface area contributed by atoms with Gasteiger partial charge in [0.2, 0.25) is 0 Å². The van der Waals surface area contributed by atoms with Crippen molar-refractivity contribution in [3.63, 3.8) is 0 Å². The number of hydrogen-bond donors (Lipinski definition) is 2. The number of methoxy groups -OCH3 is 1. The van der Waals surface area contributed by atoms with Crippen LogP contribution in [0, 0.1) is 11.8 Å². The second-order valence-corrected chi connectivity index (χ2v) is 7.80. The Bertz CT molecular complexity index is 625. The van der Waals surface area contributed by atoms with Gasteiger partial charge in [0.05, 0.1) is 13.7 Å². The molecule has 2 N–H and O–H groups in total. The molecule has 0 amide bonds. The molecule has 29 heavy (non-hydrogen) atoms. The number of halogens is 1. The van der Waals surface area contributed by atoms with E-state index >= 15 is 0 Å². The van der Waals surface area contributed by atoms with E-state index in [0.29, 0.717) is 12.5 Å². The van der Waals surface area contributed by atoms with E-state index in [2.05, 4.69) is 36.3 Å². The van der Waals surface area contributed by atoms with Crippen LogP contribution >= 0.6 is 24.0 Å². The number of nitrogens with zero attached hydrogens (tertiary/aromatic N) is 2. The van der Waals surface area contributed by atoms with Crippen LogP contribution in [0.4, 0.5) is 5.69 Å². The third-order valence-corrected chi connectivity index (χ3v) is 4.80. The van der Waals surface area contributed by atoms with Crippen molar-refractivity contribution in [3.05, 3.63) is 18.2 Å². The average Bonchev–Trinajstić information content (AvgIpc) is 2.67. The summed E-state index contributed by atoms with van der Waals surface area (Å²) in [6, 6.07) is 5.86. The molecule has 166 valence electrons. The standard InChI is InChI=1S/C22H38N4O2.HI/c1-6-23-22(24-14-18-9-8-12-26(16-18)15-17(3)4)25-19-10-11-20(27-5)21(13-19)28-7-2;/h10-11,13,17-18H,6-9,12,14-16H2,1-5H3,(H2,23,24,25);1H. The molecular formula is C22H39IN4O2. The number of aliphatic imine (C=N–C) groups is 1. The molecule has 1 aliphatic heterocycles. The summed E-state index contributed by atoms with van der Waals surface area (Å²) >= 11 is 0. The molecule has 1 fully saturated rings. The summed E-state index contributed by atoms with van der Waals surface area (Å²) in [5, 5.41) is 6.75. The zero-order valence-corrected chi connectivity index (χ0v) is 21.0. The fraction of sp³-hybridized carbons (Fsp3) is 0.682. The maximum absolute atomic E-state index is 5.68. The molecule has 1 unspecified atom stereocenters. The van der Waals surface area contributed by atoms with E-state index in [4.69, 9.17) is 14.5 Å². The van der Waals surface area contributed by atoms with E-state index in [-0.39, 0.29) is 24.0 Å². The van der Waals surface area contributed by atoms with Crippen molar-refractivity contribution in [2.75, 3.05) is 51.8 Å². The third-order valence-electron chi connectivity index (χ3n) is 4.80. The van der Waals surface area contributed by atoms with E-state index in [0.717, 1.165) is 48.7 Å². The predicted molar refractivity (Wildman–Crippen MR) is 133 cm³/mol. The van der Waals surface area contributed by atoms with Gasteiger partial charge in [-0.2, -0.15) is 0 Å². The zero-order chi connectivity index (χ0) is 20.4. The molecule has 1 saturated heterocycles. The Kier molecular flexibility index (Phi) is 12.4. The van der Waals surface area contributed by atoms with Crippen molar-refractivity contribution in [1.29, 1.82) is 0 Å². The van der Waals surface area contributed by atoms with Gasteiger partial charge in [0.1, 0.15) is 0 Å². The molecule has 1 aromatic carbocycles. The third kappa shape index (κ3) is 8.99. The van der Waals surface area contributed by atoms with Crippen molar-refractivity contribution < 1.29 is 9.47 Å². The minimum absolute atomic E-state index is 0. The Hall–Kier alpha value is -1.22. The lowest BCUT2D eigenvalue weighted by Crippen LogP contribution is -2.39. The Morgan fingerprint density at radius 2 is 2.07 bits per heavy atom. The van der Waals surface area contributed by atoms with Crippen LogP contribution in [-0.2, 0) is 0 Å². The topological polar surface area (TPSA) is 58.1 Å². The van der Waals surface area contributed by atoms with Gasteiger partial charge in [0.15, 0.2) is 17.5 Å². The number of piperidine rings is 1. The van der Waals surface area contributed by atoms with Gasteiger partial charge in [-0.3, -0.25) is 4.99 Å². The fourth-order valence-corrected chi connectivity index (χ4v) is 3.67. The van der Waals surface area contributed by atoms with E-state index in [1.165, 1.54) is 25.9 Å². The molecule has 2 rings (SSSR count). The highest BCUT2D eigenvalue weighted by molar-refractivity contribution is 14.0. The summed E-state index contributed by atoms with van der Waals surface area (Å²) in [6.07, 6.45) is 2.53. The predicted octanol–water partition coefficient (Wildman–Crippen LogP) is 4.46. The largest absolute Gasteiger partial charge is 0.493 e. The quantitative estimate of drug-likeness (QED) is 0.287. The van der Waals surface area contributed by atoms with Crippen LogP contribution in [0.15, 0.2) is 23.2 Å². The highest BCUT2D eigenvalue weighted by Gasteiger charge is 2.20. The SMILES string of the molecule is CCNC(=NCC1CCCN(CC(C)C)C1)Nc1ccc(OC)c(OCC)c1.I. The minimum atomic E-state index is 0. The molecule has 0 saturated carbocycles. The molecule has 1 heterocycles. The van der Waals surface area contributed by atoms with Crippen LogP contribution in [0.5, 0.6) is 11.5 Å². The first-order chi connectivity index (χ1) is 13.5. The van der Waals surface area contributed by atoms with Crippen LogP contribution in [0.25, 0.3) is 0 Å². The number of hydrogen-bond acceptors (Lipinski definition) is 4. The molecule has 7 heteroatoms. The van der Waals surface area contributed by atoms with Crippen molar-refractivity contribution in [2.24, 2.45) is 16.8 Å². The second kappa shape index (κ2) is 13.9. The summed E-state index contributed by atoms with van der Waals surface area (Å²) in [7, 11) is 1.66. The molecule has 6 nitrogen and oxygen atoms in total. The summed E-state index contributed by atoms with van der Waals surface area (Å²) in [6.45, 7) is 14.5. The summed E-state index contributed by atoms with van der Waals surface area (Å²) < 4.78 is 11.0. The minimum Gasteiger partial charge on any atom is -0.493 e. The van der Waals surface area contributed by atoms with Crippen molar-refractivity contribution in [2.45, 2.75) is 40.5 Å². The van der Waals surface area contributed by atoms with Crippen molar-refractivity contribution in [3.8, 4) is 11.5 Å². The van der Waals surface area contributed by atoms with Crippen LogP contribution < -0.4 is 20.1 Å². The average molecular weight is 518 g/mol. The molecule has 0 aromatic heterocycles. The van der Waals surface area contributed by atoms with Gasteiger partial charge >= 0.3 is 0 Å².